The van der Waals surface area contributed by atoms with Crippen LogP contribution in [0.5, 0.6) is 0 Å². The maximum absolute atomic E-state index is 5.20. The third kappa shape index (κ3) is 14.3. The molecule has 0 heterocycles. The van der Waals surface area contributed by atoms with Crippen LogP contribution in [-0.2, 0) is 19.6 Å². The molecule has 0 spiro atoms. The Hall–Kier alpha value is -0.160. The van der Waals surface area contributed by atoms with Gasteiger partial charge in [-0.25, -0.2) is 19.6 Å². The predicted molar refractivity (Wildman–Crippen MR) is 81.2 cm³/mol. The van der Waals surface area contributed by atoms with E-state index in [1.54, 1.807) is 0 Å². The lowest BCUT2D eigenvalue weighted by Gasteiger charge is -2.15. The van der Waals surface area contributed by atoms with Crippen molar-refractivity contribution >= 4 is 0 Å². The first-order valence-electron chi connectivity index (χ1n) is 8.19. The Morgan fingerprint density at radius 1 is 0.650 bits per heavy atom. The molecular weight excluding hydrogens is 256 g/mol. The first-order chi connectivity index (χ1) is 9.70. The van der Waals surface area contributed by atoms with Crippen LogP contribution in [0.25, 0.3) is 0 Å². The normalized spacial score (nSPS) is 14.4. The molecule has 0 bridgehead atoms. The second kappa shape index (κ2) is 15.2. The summed E-state index contributed by atoms with van der Waals surface area (Å²) < 4.78 is 0. The lowest BCUT2D eigenvalue weighted by atomic mass is 9.99. The maximum atomic E-state index is 5.20. The van der Waals surface area contributed by atoms with Crippen molar-refractivity contribution in [2.45, 2.75) is 66.2 Å². The SMILES string of the molecule is CCCCOOCC(C)CCC(C)COOCCCC. The standard InChI is InChI=1S/C16H34O4/c1-5-7-11-17-19-13-15(3)9-10-16(4)14-20-18-12-8-6-2/h15-16H,5-14H2,1-4H3. The number of hydrogen-bond acceptors (Lipinski definition) is 4. The van der Waals surface area contributed by atoms with E-state index in [0.717, 1.165) is 38.5 Å². The largest absolute Gasteiger partial charge is 0.237 e. The van der Waals surface area contributed by atoms with Gasteiger partial charge >= 0.3 is 0 Å². The van der Waals surface area contributed by atoms with E-state index >= 15 is 0 Å². The van der Waals surface area contributed by atoms with E-state index in [1.807, 2.05) is 0 Å². The molecule has 0 aromatic carbocycles. The third-order valence-electron chi connectivity index (χ3n) is 3.19. The van der Waals surface area contributed by atoms with Crippen LogP contribution in [0, 0.1) is 11.8 Å². The monoisotopic (exact) mass is 290 g/mol. The van der Waals surface area contributed by atoms with Gasteiger partial charge in [0.1, 0.15) is 0 Å². The molecule has 0 aromatic rings. The molecule has 4 nitrogen and oxygen atoms in total. The van der Waals surface area contributed by atoms with Crippen molar-refractivity contribution in [2.75, 3.05) is 26.4 Å². The molecule has 0 aliphatic rings. The van der Waals surface area contributed by atoms with E-state index in [1.165, 1.54) is 0 Å². The summed E-state index contributed by atoms with van der Waals surface area (Å²) in [6, 6.07) is 0. The van der Waals surface area contributed by atoms with Crippen LogP contribution in [0.3, 0.4) is 0 Å². The number of unbranched alkanes of at least 4 members (excludes halogenated alkanes) is 2. The molecule has 0 fully saturated rings. The maximum Gasteiger partial charge on any atom is 0.0847 e. The predicted octanol–water partition coefficient (Wildman–Crippen LogP) is 4.54. The van der Waals surface area contributed by atoms with Crippen LogP contribution < -0.4 is 0 Å². The lowest BCUT2D eigenvalue weighted by Crippen LogP contribution is -2.12. The molecule has 4 heteroatoms. The van der Waals surface area contributed by atoms with Gasteiger partial charge in [0.15, 0.2) is 0 Å². The molecule has 0 saturated carbocycles. The fourth-order valence-corrected chi connectivity index (χ4v) is 1.59. The summed E-state index contributed by atoms with van der Waals surface area (Å²) in [6.45, 7) is 11.4. The van der Waals surface area contributed by atoms with Crippen LogP contribution in [0.2, 0.25) is 0 Å². The summed E-state index contributed by atoms with van der Waals surface area (Å²) in [4.78, 5) is 20.6. The van der Waals surface area contributed by atoms with Crippen molar-refractivity contribution in [1.29, 1.82) is 0 Å². The zero-order valence-corrected chi connectivity index (χ0v) is 13.9. The molecule has 0 aliphatic heterocycles. The fourth-order valence-electron chi connectivity index (χ4n) is 1.59. The van der Waals surface area contributed by atoms with Crippen molar-refractivity contribution in [1.82, 2.24) is 0 Å². The zero-order valence-electron chi connectivity index (χ0n) is 13.9. The third-order valence-corrected chi connectivity index (χ3v) is 3.19. The molecular formula is C16H34O4. The van der Waals surface area contributed by atoms with E-state index in [4.69, 9.17) is 19.6 Å². The van der Waals surface area contributed by atoms with Gasteiger partial charge in [-0.05, 0) is 37.5 Å². The molecule has 2 unspecified atom stereocenters. The molecule has 0 amide bonds. The Bertz CT molecular complexity index is 167. The second-order valence-corrected chi connectivity index (χ2v) is 5.71. The van der Waals surface area contributed by atoms with Gasteiger partial charge < -0.3 is 0 Å². The Balaban J connectivity index is 3.32. The van der Waals surface area contributed by atoms with Crippen molar-refractivity contribution in [3.8, 4) is 0 Å². The molecule has 0 rings (SSSR count). The van der Waals surface area contributed by atoms with Crippen LogP contribution in [-0.4, -0.2) is 26.4 Å². The topological polar surface area (TPSA) is 36.9 Å². The Labute approximate surface area is 125 Å². The molecule has 2 atom stereocenters. The Kier molecular flexibility index (Phi) is 15.1. The summed E-state index contributed by atoms with van der Waals surface area (Å²) in [7, 11) is 0. The van der Waals surface area contributed by atoms with Crippen molar-refractivity contribution in [2.24, 2.45) is 11.8 Å². The Morgan fingerprint density at radius 3 is 1.40 bits per heavy atom. The highest BCUT2D eigenvalue weighted by atomic mass is 17.2. The molecule has 0 aliphatic carbocycles. The number of hydrogen-bond donors (Lipinski definition) is 0. The van der Waals surface area contributed by atoms with Crippen LogP contribution in [0.4, 0.5) is 0 Å². The quantitative estimate of drug-likeness (QED) is 0.252. The average Bonchev–Trinajstić information content (AvgIpc) is 2.44. The van der Waals surface area contributed by atoms with Gasteiger partial charge in [-0.3, -0.25) is 0 Å². The molecule has 0 radical (unpaired) electrons. The van der Waals surface area contributed by atoms with Crippen molar-refractivity contribution < 1.29 is 19.6 Å². The van der Waals surface area contributed by atoms with Crippen LogP contribution in [0.1, 0.15) is 66.2 Å². The Morgan fingerprint density at radius 2 is 1.05 bits per heavy atom. The first-order valence-corrected chi connectivity index (χ1v) is 8.19. The average molecular weight is 290 g/mol. The fraction of sp³-hybridized carbons (Fsp3) is 1.00. The van der Waals surface area contributed by atoms with Crippen molar-refractivity contribution in [3.05, 3.63) is 0 Å². The molecule has 0 N–H and O–H groups in total. The summed E-state index contributed by atoms with van der Waals surface area (Å²) >= 11 is 0. The summed E-state index contributed by atoms with van der Waals surface area (Å²) in [5.41, 5.74) is 0. The number of rotatable bonds is 15. The molecule has 0 aromatic heterocycles. The van der Waals surface area contributed by atoms with Crippen molar-refractivity contribution in [3.63, 3.8) is 0 Å². The van der Waals surface area contributed by atoms with Crippen LogP contribution >= 0.6 is 0 Å². The van der Waals surface area contributed by atoms with E-state index in [2.05, 4.69) is 27.7 Å². The highest BCUT2D eigenvalue weighted by Crippen LogP contribution is 2.13. The van der Waals surface area contributed by atoms with Gasteiger partial charge in [0, 0.05) is 0 Å². The molecule has 122 valence electrons. The van der Waals surface area contributed by atoms with Gasteiger partial charge in [0.2, 0.25) is 0 Å². The smallest absolute Gasteiger partial charge is 0.0847 e. The van der Waals surface area contributed by atoms with E-state index < -0.39 is 0 Å². The minimum atomic E-state index is 0.514. The van der Waals surface area contributed by atoms with Gasteiger partial charge in [-0.2, -0.15) is 0 Å². The highest BCUT2D eigenvalue weighted by Gasteiger charge is 2.08. The van der Waals surface area contributed by atoms with E-state index in [-0.39, 0.29) is 0 Å². The minimum Gasteiger partial charge on any atom is -0.237 e. The van der Waals surface area contributed by atoms with E-state index in [9.17, 15) is 0 Å². The van der Waals surface area contributed by atoms with Crippen LogP contribution in [0.15, 0.2) is 0 Å². The minimum absolute atomic E-state index is 0.514. The summed E-state index contributed by atoms with van der Waals surface area (Å²) in [5.74, 6) is 1.03. The van der Waals surface area contributed by atoms with Gasteiger partial charge in [-0.15, -0.1) is 0 Å². The van der Waals surface area contributed by atoms with E-state index in [0.29, 0.717) is 38.3 Å². The van der Waals surface area contributed by atoms with Gasteiger partial charge in [0.25, 0.3) is 0 Å². The zero-order chi connectivity index (χ0) is 15.1. The second-order valence-electron chi connectivity index (χ2n) is 5.71. The summed E-state index contributed by atoms with van der Waals surface area (Å²) in [5, 5.41) is 0. The highest BCUT2D eigenvalue weighted by molar-refractivity contribution is 4.56. The molecule has 0 saturated heterocycles. The molecule has 20 heavy (non-hydrogen) atoms. The summed E-state index contributed by atoms with van der Waals surface area (Å²) in [6.07, 6.45) is 6.63. The van der Waals surface area contributed by atoms with Gasteiger partial charge in [-0.1, -0.05) is 40.5 Å². The van der Waals surface area contributed by atoms with Gasteiger partial charge in [0.05, 0.1) is 26.4 Å². The lowest BCUT2D eigenvalue weighted by molar-refractivity contribution is -0.303. The first kappa shape index (κ1) is 19.8.